The number of rotatable bonds is 5. The van der Waals surface area contributed by atoms with E-state index in [-0.39, 0.29) is 0 Å². The Morgan fingerprint density at radius 1 is 0.471 bits per heavy atom. The van der Waals surface area contributed by atoms with E-state index in [1.54, 1.807) is 0 Å². The normalized spacial score (nSPS) is 14.0. The van der Waals surface area contributed by atoms with Gasteiger partial charge in [-0.1, -0.05) is 134 Å². The van der Waals surface area contributed by atoms with Gasteiger partial charge in [-0.05, 0) is 42.8 Å². The second-order valence-electron chi connectivity index (χ2n) is 13.3. The first-order valence-electron chi connectivity index (χ1n) is 17.5. The molecular weight excluding hydrogens is 623 g/mol. The summed E-state index contributed by atoms with van der Waals surface area (Å²) in [6.07, 6.45) is 5.61. The van der Waals surface area contributed by atoms with E-state index in [4.69, 9.17) is 15.0 Å². The maximum atomic E-state index is 5.18. The third-order valence-electron chi connectivity index (χ3n) is 10.1. The number of allylic oxidation sites excluding steroid dienone is 1. The zero-order valence-electron chi connectivity index (χ0n) is 28.1. The molecule has 242 valence electrons. The highest BCUT2D eigenvalue weighted by Gasteiger charge is 2.25. The predicted molar refractivity (Wildman–Crippen MR) is 209 cm³/mol. The second-order valence-corrected chi connectivity index (χ2v) is 13.3. The van der Waals surface area contributed by atoms with E-state index in [1.165, 1.54) is 32.9 Å². The molecule has 10 rings (SSSR count). The largest absolute Gasteiger partial charge is 0.313 e. The second kappa shape index (κ2) is 11.8. The third kappa shape index (κ3) is 4.81. The fourth-order valence-corrected chi connectivity index (χ4v) is 7.85. The van der Waals surface area contributed by atoms with Gasteiger partial charge in [0, 0.05) is 61.4 Å². The minimum Gasteiger partial charge on any atom is -0.313 e. The van der Waals surface area contributed by atoms with Crippen LogP contribution >= 0.6 is 0 Å². The molecule has 6 aromatic carbocycles. The van der Waals surface area contributed by atoms with Crippen LogP contribution in [0, 0.1) is 0 Å². The SMILES string of the molecule is CC1CC=Cc2c1n(-c1cc(-c3nc(-c4ccccc4)nc(-c4ccccc4)n3)cc(-n3c4ccccc4c4ccccc43)c1)c1ccccc21. The lowest BCUT2D eigenvalue weighted by Crippen LogP contribution is -2.08. The minimum atomic E-state index is 0.351. The molecule has 1 aliphatic carbocycles. The van der Waals surface area contributed by atoms with Crippen molar-refractivity contribution >= 4 is 38.8 Å². The first-order chi connectivity index (χ1) is 25.2. The Bertz CT molecular complexity index is 2680. The molecule has 0 radical (unpaired) electrons. The predicted octanol–water partition coefficient (Wildman–Crippen LogP) is 11.4. The Balaban J connectivity index is 1.31. The smallest absolute Gasteiger partial charge is 0.164 e. The number of fused-ring (bicyclic) bond motifs is 6. The zero-order chi connectivity index (χ0) is 33.9. The molecule has 0 saturated heterocycles. The first-order valence-corrected chi connectivity index (χ1v) is 17.5. The highest BCUT2D eigenvalue weighted by molar-refractivity contribution is 6.09. The van der Waals surface area contributed by atoms with Gasteiger partial charge in [0.2, 0.25) is 0 Å². The van der Waals surface area contributed by atoms with Crippen molar-refractivity contribution in [3.63, 3.8) is 0 Å². The molecule has 0 amide bonds. The summed E-state index contributed by atoms with van der Waals surface area (Å²) in [4.78, 5) is 15.4. The molecule has 3 heterocycles. The molecule has 0 fully saturated rings. The Morgan fingerprint density at radius 2 is 0.922 bits per heavy atom. The van der Waals surface area contributed by atoms with Gasteiger partial charge in [0.05, 0.1) is 16.6 Å². The number of hydrogen-bond donors (Lipinski definition) is 0. The Kier molecular flexibility index (Phi) is 6.78. The summed E-state index contributed by atoms with van der Waals surface area (Å²) in [5.41, 5.74) is 11.1. The molecule has 0 N–H and O–H groups in total. The van der Waals surface area contributed by atoms with Crippen molar-refractivity contribution in [1.29, 1.82) is 0 Å². The summed E-state index contributed by atoms with van der Waals surface area (Å²) >= 11 is 0. The quantitative estimate of drug-likeness (QED) is 0.185. The van der Waals surface area contributed by atoms with E-state index < -0.39 is 0 Å². The van der Waals surface area contributed by atoms with E-state index in [0.29, 0.717) is 23.4 Å². The highest BCUT2D eigenvalue weighted by Crippen LogP contribution is 2.41. The van der Waals surface area contributed by atoms with Crippen molar-refractivity contribution in [1.82, 2.24) is 24.1 Å². The maximum absolute atomic E-state index is 5.18. The van der Waals surface area contributed by atoms with Crippen LogP contribution in [0.4, 0.5) is 0 Å². The summed E-state index contributed by atoms with van der Waals surface area (Å²) < 4.78 is 4.85. The average Bonchev–Trinajstić information content (AvgIpc) is 3.72. The van der Waals surface area contributed by atoms with Crippen molar-refractivity contribution < 1.29 is 0 Å². The van der Waals surface area contributed by atoms with Gasteiger partial charge in [0.25, 0.3) is 0 Å². The molecule has 1 unspecified atom stereocenters. The average molecular weight is 656 g/mol. The lowest BCUT2D eigenvalue weighted by atomic mass is 9.93. The van der Waals surface area contributed by atoms with Crippen molar-refractivity contribution in [3.05, 3.63) is 169 Å². The lowest BCUT2D eigenvalue weighted by Gasteiger charge is -2.21. The number of hydrogen-bond acceptors (Lipinski definition) is 3. The van der Waals surface area contributed by atoms with Gasteiger partial charge in [-0.25, -0.2) is 15.0 Å². The van der Waals surface area contributed by atoms with Crippen LogP contribution in [0.3, 0.4) is 0 Å². The van der Waals surface area contributed by atoms with Crippen molar-refractivity contribution in [2.24, 2.45) is 0 Å². The molecule has 0 saturated carbocycles. The molecule has 0 spiro atoms. The molecule has 9 aromatic rings. The van der Waals surface area contributed by atoms with Crippen molar-refractivity contribution in [2.45, 2.75) is 19.3 Å². The topological polar surface area (TPSA) is 48.5 Å². The van der Waals surface area contributed by atoms with Crippen LogP contribution in [0.5, 0.6) is 0 Å². The molecule has 5 nitrogen and oxygen atoms in total. The van der Waals surface area contributed by atoms with E-state index in [9.17, 15) is 0 Å². The fourth-order valence-electron chi connectivity index (χ4n) is 7.85. The highest BCUT2D eigenvalue weighted by atomic mass is 15.1. The van der Waals surface area contributed by atoms with E-state index >= 15 is 0 Å². The molecule has 0 aliphatic heterocycles. The summed E-state index contributed by atoms with van der Waals surface area (Å²) in [5.74, 6) is 2.27. The van der Waals surface area contributed by atoms with Gasteiger partial charge < -0.3 is 9.13 Å². The van der Waals surface area contributed by atoms with Crippen LogP contribution in [0.25, 0.3) is 84.3 Å². The summed E-state index contributed by atoms with van der Waals surface area (Å²) in [5, 5.41) is 3.71. The summed E-state index contributed by atoms with van der Waals surface area (Å²) in [6.45, 7) is 2.33. The van der Waals surface area contributed by atoms with Gasteiger partial charge in [0.15, 0.2) is 17.5 Å². The molecule has 1 atom stereocenters. The van der Waals surface area contributed by atoms with Gasteiger partial charge >= 0.3 is 0 Å². The van der Waals surface area contributed by atoms with Crippen LogP contribution in [-0.4, -0.2) is 24.1 Å². The van der Waals surface area contributed by atoms with E-state index in [1.807, 2.05) is 36.4 Å². The standard InChI is InChI=1S/C46H33N5/c1-30-15-14-23-39-38-22-10-13-26-42(38)51(43(30)39)35-28-33(27-34(29-35)50-40-24-11-8-20-36(40)37-21-9-12-25-41(37)50)46-48-44(31-16-4-2-5-17-31)47-45(49-46)32-18-6-3-7-19-32/h2-14,16-30H,15H2,1H3. The first kappa shape index (κ1) is 29.3. The number of para-hydroxylation sites is 3. The van der Waals surface area contributed by atoms with Crippen LogP contribution in [-0.2, 0) is 0 Å². The van der Waals surface area contributed by atoms with Crippen LogP contribution in [0.1, 0.15) is 30.5 Å². The Hall–Kier alpha value is -6.59. The number of nitrogens with zero attached hydrogens (tertiary/aromatic N) is 5. The van der Waals surface area contributed by atoms with Crippen LogP contribution in [0.15, 0.2) is 158 Å². The number of aromatic nitrogens is 5. The lowest BCUT2D eigenvalue weighted by molar-refractivity contribution is 0.723. The summed E-state index contributed by atoms with van der Waals surface area (Å²) in [6, 6.07) is 53.3. The molecule has 3 aromatic heterocycles. The maximum Gasteiger partial charge on any atom is 0.164 e. The zero-order valence-corrected chi connectivity index (χ0v) is 28.1. The van der Waals surface area contributed by atoms with E-state index in [0.717, 1.165) is 45.5 Å². The molecule has 1 aliphatic rings. The monoisotopic (exact) mass is 655 g/mol. The molecule has 0 bridgehead atoms. The third-order valence-corrected chi connectivity index (χ3v) is 10.1. The van der Waals surface area contributed by atoms with Crippen LogP contribution < -0.4 is 0 Å². The molecular formula is C46H33N5. The fraction of sp³-hybridized carbons (Fsp3) is 0.0652. The molecule has 51 heavy (non-hydrogen) atoms. The van der Waals surface area contributed by atoms with E-state index in [2.05, 4.69) is 143 Å². The van der Waals surface area contributed by atoms with Gasteiger partial charge in [-0.2, -0.15) is 0 Å². The van der Waals surface area contributed by atoms with Gasteiger partial charge in [0.1, 0.15) is 0 Å². The Labute approximate surface area is 295 Å². The minimum absolute atomic E-state index is 0.351. The van der Waals surface area contributed by atoms with Crippen LogP contribution in [0.2, 0.25) is 0 Å². The van der Waals surface area contributed by atoms with Gasteiger partial charge in [-0.3, -0.25) is 0 Å². The van der Waals surface area contributed by atoms with Gasteiger partial charge in [-0.15, -0.1) is 0 Å². The Morgan fingerprint density at radius 3 is 1.49 bits per heavy atom. The van der Waals surface area contributed by atoms with Crippen molar-refractivity contribution in [2.75, 3.05) is 0 Å². The van der Waals surface area contributed by atoms with Crippen molar-refractivity contribution in [3.8, 4) is 45.5 Å². The summed E-state index contributed by atoms with van der Waals surface area (Å²) in [7, 11) is 0. The number of benzene rings is 6. The molecule has 5 heteroatoms.